The van der Waals surface area contributed by atoms with Crippen molar-refractivity contribution in [2.45, 2.75) is 74.0 Å². The molecule has 0 aliphatic heterocycles. The SMILES string of the molecule is Cc1ccc(C23c4c5c6c7c8c9c%10c%11c%12c%13c%14c%15c%16c%17c%18c%19c%20c%21c%22c%23c(c(c(c%23c-8c8c%22c%22c(c%23c%24c%25c(c2c2c%26c3c(c%10c47)c3c%11c%14c4c3c%26c3c7c2c%25c2c%10c%24c%22c%21c%10c%19c(c%10c%18c%15c4c%103)c27)[C@@]5%23c2ccc(C)cc2)[C@@]68c2ccc(C)cc2)[C@@]9%12c2ccc(C)cc2)[C@@]%13%16c2ccc(C)cc2)C%17%20c2ccc(C)cc2)cc1.[Ru+].[Ru+].c1cc[cH-]c1.c1cc[cH-]c1. The normalized spacial score (nSPS) is 22.7. The molecule has 6 atom stereocenters. The average molecular weight is 1720 g/mol. The number of benzene rings is 23. The van der Waals surface area contributed by atoms with E-state index in [2.05, 4.69) is 187 Å². The van der Waals surface area contributed by atoms with E-state index in [1.165, 1.54) is 66.8 Å². The molecule has 556 valence electrons. The predicted octanol–water partition coefficient (Wildman–Crippen LogP) is 29.3. The van der Waals surface area contributed by atoms with Crippen molar-refractivity contribution < 1.29 is 39.0 Å². The van der Waals surface area contributed by atoms with E-state index in [1.54, 1.807) is 348 Å². The molecule has 0 heterocycles. The minimum absolute atomic E-state index is 0. The molecule has 0 saturated carbocycles. The molecular weight excluding hydrogens is 1670 g/mol. The van der Waals surface area contributed by atoms with Crippen molar-refractivity contribution in [3.05, 3.63) is 373 Å². The Morgan fingerprint density at radius 2 is 0.266 bits per heavy atom. The van der Waals surface area contributed by atoms with Gasteiger partial charge in [-0.3, -0.25) is 0 Å². The molecule has 2 unspecified atom stereocenters. The van der Waals surface area contributed by atoms with Crippen molar-refractivity contribution in [1.29, 1.82) is 0 Å². The molecule has 0 nitrogen and oxygen atoms in total. The van der Waals surface area contributed by atoms with Gasteiger partial charge in [-0.05, 0) is 423 Å². The maximum atomic E-state index is 2.72. The zero-order valence-electron chi connectivity index (χ0n) is 67.3. The summed E-state index contributed by atoms with van der Waals surface area (Å²) in [5.74, 6) is 0. The Morgan fingerprint density at radius 3 is 0.460 bits per heavy atom. The van der Waals surface area contributed by atoms with Gasteiger partial charge in [0, 0.05) is 0 Å². The Kier molecular flexibility index (Phi) is 7.73. The van der Waals surface area contributed by atoms with E-state index in [-0.39, 0.29) is 39.0 Å². The first-order chi connectivity index (χ1) is 60.2. The molecule has 45 rings (SSSR count). The minimum atomic E-state index is -0.722. The number of hydrogen-bond donors (Lipinski definition) is 0. The second-order valence-corrected chi connectivity index (χ2v) is 41.6. The van der Waals surface area contributed by atoms with Gasteiger partial charge in [-0.25, -0.2) is 24.3 Å². The first-order valence-corrected chi connectivity index (χ1v) is 45.0. The van der Waals surface area contributed by atoms with Crippen molar-refractivity contribution in [2.24, 2.45) is 0 Å². The summed E-state index contributed by atoms with van der Waals surface area (Å²) in [6.07, 6.45) is 0. The Balaban J connectivity index is 0.000000510. The van der Waals surface area contributed by atoms with Crippen LogP contribution in [0.2, 0.25) is 0 Å². The number of hydrogen-bond acceptors (Lipinski definition) is 0. The summed E-state index contributed by atoms with van der Waals surface area (Å²) in [5, 5.41) is 71.1. The van der Waals surface area contributed by atoms with Crippen molar-refractivity contribution in [3.8, 4) is 11.1 Å². The first kappa shape index (κ1) is 59.6. The standard InChI is InChI=1S/C112H42.2C5H5.2Ru/c1-31-7-19-37(20-8-31)107-89-69-57-53-51-50-43-45-47-44-46-48(43)60-62(50)80-82-63(51)65(57)77-73-67(69)83-87-85-86-88-84-68-70-58-54(56(46)72-76(60)94-98(80)112(42-29-17-36(6)18-30-42)100(82)96(77)110(91(73)85,40-25-13-34(4)14-26-40)104(88)106(112)102(84)108(94,90(70)72)38-21-9-32(2)10-22-38)52-49(44)61-59(47)75(71(89)55(45)53)93(107)97-79(61)81-64(52)66(58)78-74(68)92(86)109(39-23-11-33(3)12-24-39)95(78)99(81)111(97,105(101(83)107)103(87)109)41-27-15-35(5)16-28-41;2*1-2-4-5-3-1;;/h7-30H,1-6H3;2*1-5H;;/q;2*-1;2*+1/t107?,108?,109-,110-,111+,112+;;;;/m0..../s1. The quantitative estimate of drug-likeness (QED) is 0.0674. The monoisotopic (exact) mass is 1720 g/mol. The van der Waals surface area contributed by atoms with Crippen LogP contribution in [0.5, 0.6) is 0 Å². The second kappa shape index (κ2) is 16.1. The molecule has 2 radical (unpaired) electrons. The molecule has 2 heteroatoms. The van der Waals surface area contributed by atoms with Crippen LogP contribution in [-0.4, -0.2) is 0 Å². The Hall–Kier alpha value is -13.1. The van der Waals surface area contributed by atoms with E-state index in [1.807, 2.05) is 60.7 Å². The number of aryl methyl sites for hydroxylation is 6. The van der Waals surface area contributed by atoms with Crippen molar-refractivity contribution in [1.82, 2.24) is 0 Å². The molecule has 0 saturated heterocycles. The molecule has 31 aromatic rings. The van der Waals surface area contributed by atoms with Crippen molar-refractivity contribution in [3.63, 3.8) is 0 Å². The summed E-state index contributed by atoms with van der Waals surface area (Å²) in [5.41, 5.74) is 45.7. The predicted molar refractivity (Wildman–Crippen MR) is 503 cm³/mol. The molecule has 14 aliphatic rings. The Bertz CT molecular complexity index is 10400. The van der Waals surface area contributed by atoms with Crippen molar-refractivity contribution >= 4 is 237 Å². The maximum absolute atomic E-state index is 2.72. The minimum Gasteiger partial charge on any atom is -0.214 e. The molecule has 0 amide bonds. The van der Waals surface area contributed by atoms with Crippen LogP contribution in [0.3, 0.4) is 0 Å². The van der Waals surface area contributed by atoms with Crippen LogP contribution in [0.15, 0.2) is 206 Å². The summed E-state index contributed by atoms with van der Waals surface area (Å²) >= 11 is 0. The second-order valence-electron chi connectivity index (χ2n) is 41.6. The summed E-state index contributed by atoms with van der Waals surface area (Å²) in [7, 11) is 0. The van der Waals surface area contributed by atoms with Gasteiger partial charge >= 0.3 is 39.0 Å². The fraction of sp³-hybridized carbons (Fsp3) is 0.0984. The van der Waals surface area contributed by atoms with Crippen LogP contribution in [0, 0.1) is 41.5 Å². The third kappa shape index (κ3) is 4.21. The fourth-order valence-electron chi connectivity index (χ4n) is 36.6. The molecule has 0 bridgehead atoms. The number of rotatable bonds is 6. The largest absolute Gasteiger partial charge is 1.00 e. The van der Waals surface area contributed by atoms with Gasteiger partial charge in [-0.15, -0.1) is 0 Å². The Morgan fingerprint density at radius 1 is 0.137 bits per heavy atom. The molecule has 0 fully saturated rings. The summed E-state index contributed by atoms with van der Waals surface area (Å²) in [6, 6.07) is 83.2. The molecule has 0 aromatic heterocycles. The van der Waals surface area contributed by atoms with E-state index in [4.69, 9.17) is 0 Å². The van der Waals surface area contributed by atoms with Gasteiger partial charge in [0.2, 0.25) is 0 Å². The molecule has 31 aromatic carbocycles. The average Bonchev–Trinajstić information content (AvgIpc) is 1.37. The molecule has 14 aliphatic carbocycles. The van der Waals surface area contributed by atoms with Gasteiger partial charge in [0.25, 0.3) is 0 Å². The van der Waals surface area contributed by atoms with Gasteiger partial charge in [0.05, 0.1) is 32.5 Å². The summed E-state index contributed by atoms with van der Waals surface area (Å²) < 4.78 is 0. The third-order valence-corrected chi connectivity index (χ3v) is 38.5. The van der Waals surface area contributed by atoms with Crippen LogP contribution in [-0.2, 0) is 71.4 Å². The maximum Gasteiger partial charge on any atom is 1.00 e. The van der Waals surface area contributed by atoms with Crippen molar-refractivity contribution in [2.75, 3.05) is 0 Å². The van der Waals surface area contributed by atoms with E-state index in [0.717, 1.165) is 0 Å². The molecular formula is C122H52Ru2. The van der Waals surface area contributed by atoms with Gasteiger partial charge in [0.15, 0.2) is 0 Å². The van der Waals surface area contributed by atoms with Gasteiger partial charge in [-0.1, -0.05) is 179 Å². The van der Waals surface area contributed by atoms with Gasteiger partial charge in [0.1, 0.15) is 0 Å². The van der Waals surface area contributed by atoms with Crippen LogP contribution in [0.1, 0.15) is 167 Å². The molecule has 0 spiro atoms. The summed E-state index contributed by atoms with van der Waals surface area (Å²) in [6.45, 7) is 14.2. The van der Waals surface area contributed by atoms with E-state index in [9.17, 15) is 0 Å². The Labute approximate surface area is 728 Å². The van der Waals surface area contributed by atoms with E-state index in [0.29, 0.717) is 0 Å². The van der Waals surface area contributed by atoms with Crippen LogP contribution in [0.4, 0.5) is 0 Å². The zero-order chi connectivity index (χ0) is 76.9. The molecule has 124 heavy (non-hydrogen) atoms. The zero-order valence-corrected chi connectivity index (χ0v) is 70.8. The van der Waals surface area contributed by atoms with Crippen LogP contribution in [0.25, 0.3) is 248 Å². The smallest absolute Gasteiger partial charge is 0.214 e. The fourth-order valence-corrected chi connectivity index (χ4v) is 36.6. The van der Waals surface area contributed by atoms with E-state index < -0.39 is 32.5 Å². The third-order valence-electron chi connectivity index (χ3n) is 38.5. The summed E-state index contributed by atoms with van der Waals surface area (Å²) in [4.78, 5) is 0. The topological polar surface area (TPSA) is 0 Å². The van der Waals surface area contributed by atoms with E-state index >= 15 is 0 Å². The molecule has 0 N–H and O–H groups in total. The van der Waals surface area contributed by atoms with Gasteiger partial charge in [-0.2, -0.15) is 36.4 Å². The first-order valence-electron chi connectivity index (χ1n) is 45.0. The van der Waals surface area contributed by atoms with Crippen LogP contribution >= 0.6 is 0 Å². The van der Waals surface area contributed by atoms with Crippen LogP contribution < -0.4 is 0 Å². The van der Waals surface area contributed by atoms with Gasteiger partial charge < -0.3 is 0 Å².